The van der Waals surface area contributed by atoms with Crippen LogP contribution in [0, 0.1) is 10.1 Å². The molecule has 0 saturated carbocycles. The largest absolute Gasteiger partial charge is 0.304 e. The molecule has 0 aliphatic heterocycles. The van der Waals surface area contributed by atoms with Crippen molar-refractivity contribution in [1.29, 1.82) is 0 Å². The van der Waals surface area contributed by atoms with E-state index in [0.717, 1.165) is 41.9 Å². The van der Waals surface area contributed by atoms with Gasteiger partial charge in [0.25, 0.3) is 5.69 Å². The number of aromatic nitrogens is 1. The van der Waals surface area contributed by atoms with Crippen LogP contribution in [0.15, 0.2) is 23.6 Å². The number of nitrogens with zero attached hydrogens (tertiary/aromatic N) is 2. The molecular formula is C16H19N3O2S. The summed E-state index contributed by atoms with van der Waals surface area (Å²) >= 11 is 1.69. The molecule has 0 spiro atoms. The minimum absolute atomic E-state index is 0.175. The van der Waals surface area contributed by atoms with Gasteiger partial charge in [0.05, 0.1) is 15.6 Å². The monoisotopic (exact) mass is 317 g/mol. The second-order valence-electron chi connectivity index (χ2n) is 5.55. The van der Waals surface area contributed by atoms with E-state index in [1.165, 1.54) is 5.56 Å². The molecule has 3 rings (SSSR count). The molecule has 1 N–H and O–H groups in total. The third-order valence-corrected chi connectivity index (χ3v) is 5.13. The maximum atomic E-state index is 11.0. The summed E-state index contributed by atoms with van der Waals surface area (Å²) in [4.78, 5) is 15.2. The molecule has 1 aromatic heterocycles. The topological polar surface area (TPSA) is 68.1 Å². The number of hydrogen-bond acceptors (Lipinski definition) is 5. The summed E-state index contributed by atoms with van der Waals surface area (Å²) < 4.78 is 0. The second-order valence-corrected chi connectivity index (χ2v) is 6.49. The summed E-state index contributed by atoms with van der Waals surface area (Å²) in [6.07, 6.45) is 4.09. The van der Waals surface area contributed by atoms with Gasteiger partial charge in [-0.15, -0.1) is 11.3 Å². The van der Waals surface area contributed by atoms with Gasteiger partial charge in [-0.25, -0.2) is 4.98 Å². The van der Waals surface area contributed by atoms with Gasteiger partial charge >= 0.3 is 0 Å². The van der Waals surface area contributed by atoms with Crippen molar-refractivity contribution in [3.05, 3.63) is 55.5 Å². The average molecular weight is 317 g/mol. The number of nitro benzene ring substituents is 1. The zero-order valence-corrected chi connectivity index (χ0v) is 13.4. The predicted octanol–water partition coefficient (Wildman–Crippen LogP) is 3.78. The van der Waals surface area contributed by atoms with Gasteiger partial charge < -0.3 is 5.32 Å². The zero-order chi connectivity index (χ0) is 15.5. The lowest BCUT2D eigenvalue weighted by Crippen LogP contribution is -2.25. The van der Waals surface area contributed by atoms with Gasteiger partial charge in [-0.1, -0.05) is 13.0 Å². The molecule has 0 fully saturated rings. The third-order valence-electron chi connectivity index (χ3n) is 4.09. The number of non-ortho nitro benzene ring substituents is 1. The number of rotatable bonds is 5. The molecule has 0 amide bonds. The average Bonchev–Trinajstić information content (AvgIpc) is 3.00. The molecule has 1 atom stereocenters. The molecule has 1 aromatic carbocycles. The molecule has 0 saturated heterocycles. The second kappa shape index (κ2) is 6.54. The van der Waals surface area contributed by atoms with Crippen LogP contribution in [0.25, 0.3) is 0 Å². The number of aryl methyl sites for hydroxylation is 2. The van der Waals surface area contributed by atoms with Crippen molar-refractivity contribution in [3.8, 4) is 0 Å². The van der Waals surface area contributed by atoms with Gasteiger partial charge in [0.15, 0.2) is 0 Å². The van der Waals surface area contributed by atoms with E-state index in [1.807, 2.05) is 6.07 Å². The number of fused-ring (bicyclic) bond motifs is 1. The van der Waals surface area contributed by atoms with Gasteiger partial charge in [0.1, 0.15) is 0 Å². The van der Waals surface area contributed by atoms with Gasteiger partial charge in [-0.05, 0) is 36.8 Å². The quantitative estimate of drug-likeness (QED) is 0.673. The lowest BCUT2D eigenvalue weighted by Gasteiger charge is -2.26. The molecule has 6 heteroatoms. The van der Waals surface area contributed by atoms with E-state index in [-0.39, 0.29) is 16.7 Å². The number of thiazole rings is 1. The molecule has 1 aliphatic carbocycles. The van der Waals surface area contributed by atoms with E-state index in [1.54, 1.807) is 23.5 Å². The van der Waals surface area contributed by atoms with Crippen LogP contribution in [0.4, 0.5) is 5.69 Å². The van der Waals surface area contributed by atoms with E-state index < -0.39 is 0 Å². The Morgan fingerprint density at radius 1 is 1.50 bits per heavy atom. The summed E-state index contributed by atoms with van der Waals surface area (Å²) in [5.74, 6) is 0. The summed E-state index contributed by atoms with van der Waals surface area (Å²) in [6, 6.07) is 5.41. The Morgan fingerprint density at radius 2 is 2.36 bits per heavy atom. The summed E-state index contributed by atoms with van der Waals surface area (Å²) in [7, 11) is 0. The van der Waals surface area contributed by atoms with Crippen LogP contribution in [0.3, 0.4) is 0 Å². The van der Waals surface area contributed by atoms with Crippen molar-refractivity contribution < 1.29 is 4.92 Å². The lowest BCUT2D eigenvalue weighted by molar-refractivity contribution is -0.385. The van der Waals surface area contributed by atoms with Crippen LogP contribution >= 0.6 is 11.3 Å². The van der Waals surface area contributed by atoms with E-state index in [9.17, 15) is 10.1 Å². The first kappa shape index (κ1) is 15.1. The SMILES string of the molecule is CCc1nc(CNC2CCCc3ccc([N+](=O)[O-])cc32)cs1. The van der Waals surface area contributed by atoms with Crippen LogP contribution in [0.5, 0.6) is 0 Å². The summed E-state index contributed by atoms with van der Waals surface area (Å²) in [5, 5.41) is 17.7. The highest BCUT2D eigenvalue weighted by molar-refractivity contribution is 7.09. The number of benzene rings is 1. The first-order valence-corrected chi connectivity index (χ1v) is 8.49. The molecular weight excluding hydrogens is 298 g/mol. The van der Waals surface area contributed by atoms with Crippen LogP contribution < -0.4 is 5.32 Å². The minimum atomic E-state index is -0.320. The van der Waals surface area contributed by atoms with E-state index in [0.29, 0.717) is 6.54 Å². The third kappa shape index (κ3) is 3.18. The Labute approximate surface area is 133 Å². The van der Waals surface area contributed by atoms with Gasteiger partial charge in [0.2, 0.25) is 0 Å². The van der Waals surface area contributed by atoms with Crippen molar-refractivity contribution in [2.75, 3.05) is 0 Å². The van der Waals surface area contributed by atoms with E-state index in [2.05, 4.69) is 22.6 Å². The number of nitro groups is 1. The van der Waals surface area contributed by atoms with Gasteiger partial charge in [-0.2, -0.15) is 0 Å². The van der Waals surface area contributed by atoms with E-state index in [4.69, 9.17) is 0 Å². The fourth-order valence-electron chi connectivity index (χ4n) is 2.93. The minimum Gasteiger partial charge on any atom is -0.304 e. The fourth-order valence-corrected chi connectivity index (χ4v) is 3.68. The highest BCUT2D eigenvalue weighted by atomic mass is 32.1. The lowest BCUT2D eigenvalue weighted by atomic mass is 9.87. The zero-order valence-electron chi connectivity index (χ0n) is 12.5. The summed E-state index contributed by atoms with van der Waals surface area (Å²) in [5.41, 5.74) is 3.53. The fraction of sp³-hybridized carbons (Fsp3) is 0.438. The Morgan fingerprint density at radius 3 is 3.09 bits per heavy atom. The smallest absolute Gasteiger partial charge is 0.269 e. The molecule has 0 radical (unpaired) electrons. The molecule has 116 valence electrons. The molecule has 2 aromatic rings. The maximum absolute atomic E-state index is 11.0. The van der Waals surface area contributed by atoms with Crippen LogP contribution in [0.1, 0.15) is 47.6 Å². The van der Waals surface area contributed by atoms with Crippen LogP contribution in [-0.2, 0) is 19.4 Å². The Hall–Kier alpha value is -1.79. The Balaban J connectivity index is 1.75. The normalized spacial score (nSPS) is 17.2. The summed E-state index contributed by atoms with van der Waals surface area (Å²) in [6.45, 7) is 2.82. The molecule has 1 aliphatic rings. The Kier molecular flexibility index (Phi) is 4.49. The van der Waals surface area contributed by atoms with E-state index >= 15 is 0 Å². The highest BCUT2D eigenvalue weighted by Gasteiger charge is 2.22. The number of hydrogen-bond donors (Lipinski definition) is 1. The molecule has 22 heavy (non-hydrogen) atoms. The molecule has 1 unspecified atom stereocenters. The molecule has 0 bridgehead atoms. The molecule has 5 nitrogen and oxygen atoms in total. The van der Waals surface area contributed by atoms with Gasteiger partial charge in [0, 0.05) is 30.1 Å². The van der Waals surface area contributed by atoms with Crippen molar-refractivity contribution in [3.63, 3.8) is 0 Å². The molecule has 1 heterocycles. The highest BCUT2D eigenvalue weighted by Crippen LogP contribution is 2.32. The van der Waals surface area contributed by atoms with Crippen LogP contribution in [0.2, 0.25) is 0 Å². The van der Waals surface area contributed by atoms with Crippen molar-refractivity contribution in [2.24, 2.45) is 0 Å². The number of nitrogens with one attached hydrogen (secondary N) is 1. The Bertz CT molecular complexity index is 684. The maximum Gasteiger partial charge on any atom is 0.269 e. The predicted molar refractivity (Wildman–Crippen MR) is 87.1 cm³/mol. The van der Waals surface area contributed by atoms with Crippen molar-refractivity contribution in [2.45, 2.75) is 45.2 Å². The standard InChI is InChI=1S/C16H19N3O2S/c1-2-16-18-12(10-22-16)9-17-15-5-3-4-11-6-7-13(19(20)21)8-14(11)15/h6-8,10,15,17H,2-5,9H2,1H3. The van der Waals surface area contributed by atoms with Gasteiger partial charge in [-0.3, -0.25) is 10.1 Å². The van der Waals surface area contributed by atoms with Crippen molar-refractivity contribution >= 4 is 17.0 Å². The first-order chi connectivity index (χ1) is 10.7. The van der Waals surface area contributed by atoms with Crippen molar-refractivity contribution in [1.82, 2.24) is 10.3 Å². The first-order valence-electron chi connectivity index (χ1n) is 7.61. The van der Waals surface area contributed by atoms with Crippen LogP contribution in [-0.4, -0.2) is 9.91 Å².